The smallest absolute Gasteiger partial charge is 0.227 e. The maximum Gasteiger partial charge on any atom is 0.227 e. The third-order valence-corrected chi connectivity index (χ3v) is 4.02. The lowest BCUT2D eigenvalue weighted by Crippen LogP contribution is -2.25. The summed E-state index contributed by atoms with van der Waals surface area (Å²) in [6.07, 6.45) is 3.90. The van der Waals surface area contributed by atoms with Gasteiger partial charge in [-0.15, -0.1) is 0 Å². The second kappa shape index (κ2) is 6.73. The van der Waals surface area contributed by atoms with Crippen molar-refractivity contribution in [2.75, 3.05) is 23.3 Å². The number of rotatable bonds is 5. The lowest BCUT2D eigenvalue weighted by Gasteiger charge is -2.22. The van der Waals surface area contributed by atoms with Crippen LogP contribution in [0.2, 0.25) is 0 Å². The third kappa shape index (κ3) is 3.30. The van der Waals surface area contributed by atoms with Gasteiger partial charge in [-0.3, -0.25) is 4.79 Å². The first kappa shape index (κ1) is 14.8. The van der Waals surface area contributed by atoms with Gasteiger partial charge in [0.25, 0.3) is 0 Å². The molecule has 110 valence electrons. The molecule has 1 fully saturated rings. The topological polar surface area (TPSA) is 32.3 Å². The fourth-order valence-electron chi connectivity index (χ4n) is 2.74. The van der Waals surface area contributed by atoms with Crippen LogP contribution in [0.15, 0.2) is 18.2 Å². The molecule has 1 amide bonds. The molecule has 0 aromatic heterocycles. The molecule has 1 saturated heterocycles. The molecule has 1 aliphatic rings. The number of nitrogens with zero attached hydrogens (tertiary/aromatic N) is 1. The molecule has 20 heavy (non-hydrogen) atoms. The van der Waals surface area contributed by atoms with Gasteiger partial charge in [0.1, 0.15) is 5.82 Å². The predicted octanol–water partition coefficient (Wildman–Crippen LogP) is 3.80. The molecule has 4 heteroatoms. The maximum absolute atomic E-state index is 13.5. The number of anilines is 2. The van der Waals surface area contributed by atoms with Crippen LogP contribution in [0.25, 0.3) is 0 Å². The maximum atomic E-state index is 13.5. The summed E-state index contributed by atoms with van der Waals surface area (Å²) in [5.74, 6) is -0.335. The Morgan fingerprint density at radius 2 is 1.95 bits per heavy atom. The monoisotopic (exact) mass is 278 g/mol. The van der Waals surface area contributed by atoms with Crippen molar-refractivity contribution in [1.29, 1.82) is 0 Å². The molecular weight excluding hydrogens is 255 g/mol. The van der Waals surface area contributed by atoms with Crippen molar-refractivity contribution < 1.29 is 9.18 Å². The molecule has 0 saturated carbocycles. The van der Waals surface area contributed by atoms with E-state index in [0.717, 1.165) is 44.5 Å². The molecule has 1 aromatic rings. The lowest BCUT2D eigenvalue weighted by atomic mass is 10.0. The highest BCUT2D eigenvalue weighted by Crippen LogP contribution is 2.30. The van der Waals surface area contributed by atoms with E-state index >= 15 is 0 Å². The molecule has 0 atom stereocenters. The number of amides is 1. The number of nitrogens with one attached hydrogen (secondary N) is 1. The van der Waals surface area contributed by atoms with Crippen LogP contribution < -0.4 is 10.2 Å². The number of benzene rings is 1. The SMILES string of the molecule is CCC(CC)C(=O)Nc1cc(F)ccc1N1CCCC1. The Hall–Kier alpha value is -1.58. The Kier molecular flexibility index (Phi) is 4.99. The van der Waals surface area contributed by atoms with Crippen LogP contribution in [-0.2, 0) is 4.79 Å². The van der Waals surface area contributed by atoms with Crippen molar-refractivity contribution in [2.24, 2.45) is 5.92 Å². The van der Waals surface area contributed by atoms with Gasteiger partial charge in [0.05, 0.1) is 11.4 Å². The average molecular weight is 278 g/mol. The van der Waals surface area contributed by atoms with E-state index in [4.69, 9.17) is 0 Å². The molecule has 2 rings (SSSR count). The molecule has 1 aliphatic heterocycles. The molecular formula is C16H23FN2O. The van der Waals surface area contributed by atoms with Crippen molar-refractivity contribution in [2.45, 2.75) is 39.5 Å². The highest BCUT2D eigenvalue weighted by atomic mass is 19.1. The van der Waals surface area contributed by atoms with Crippen LogP contribution in [0.5, 0.6) is 0 Å². The number of hydrogen-bond donors (Lipinski definition) is 1. The summed E-state index contributed by atoms with van der Waals surface area (Å²) < 4.78 is 13.5. The van der Waals surface area contributed by atoms with Crippen molar-refractivity contribution >= 4 is 17.3 Å². The number of hydrogen-bond acceptors (Lipinski definition) is 2. The Morgan fingerprint density at radius 3 is 2.55 bits per heavy atom. The Labute approximate surface area is 120 Å². The lowest BCUT2D eigenvalue weighted by molar-refractivity contribution is -0.120. The molecule has 0 unspecified atom stereocenters. The van der Waals surface area contributed by atoms with E-state index in [1.165, 1.54) is 12.1 Å². The normalized spacial score (nSPS) is 14.9. The van der Waals surface area contributed by atoms with E-state index in [-0.39, 0.29) is 17.6 Å². The van der Waals surface area contributed by atoms with E-state index in [9.17, 15) is 9.18 Å². The molecule has 1 heterocycles. The fourth-order valence-corrected chi connectivity index (χ4v) is 2.74. The minimum atomic E-state index is -0.312. The van der Waals surface area contributed by atoms with Gasteiger partial charge >= 0.3 is 0 Å². The summed E-state index contributed by atoms with van der Waals surface area (Å²) in [4.78, 5) is 14.4. The number of halogens is 1. The van der Waals surface area contributed by atoms with E-state index < -0.39 is 0 Å². The summed E-state index contributed by atoms with van der Waals surface area (Å²) in [6.45, 7) is 5.94. The van der Waals surface area contributed by atoms with Crippen LogP contribution in [0.3, 0.4) is 0 Å². The molecule has 3 nitrogen and oxygen atoms in total. The van der Waals surface area contributed by atoms with E-state index in [1.807, 2.05) is 13.8 Å². The first-order chi connectivity index (χ1) is 9.65. The van der Waals surface area contributed by atoms with Crippen LogP contribution >= 0.6 is 0 Å². The van der Waals surface area contributed by atoms with Crippen LogP contribution in [0.1, 0.15) is 39.5 Å². The van der Waals surface area contributed by atoms with Crippen molar-refractivity contribution in [1.82, 2.24) is 0 Å². The Morgan fingerprint density at radius 1 is 1.30 bits per heavy atom. The summed E-state index contributed by atoms with van der Waals surface area (Å²) in [5, 5.41) is 2.91. The van der Waals surface area contributed by atoms with Gasteiger partial charge in [0.2, 0.25) is 5.91 Å². The van der Waals surface area contributed by atoms with Gasteiger partial charge in [0, 0.05) is 19.0 Å². The van der Waals surface area contributed by atoms with Gasteiger partial charge in [-0.1, -0.05) is 13.8 Å². The summed E-state index contributed by atoms with van der Waals surface area (Å²) in [6, 6.07) is 4.65. The first-order valence-electron chi connectivity index (χ1n) is 7.51. The van der Waals surface area contributed by atoms with Crippen LogP contribution in [0.4, 0.5) is 15.8 Å². The van der Waals surface area contributed by atoms with Crippen molar-refractivity contribution in [3.63, 3.8) is 0 Å². The van der Waals surface area contributed by atoms with Gasteiger partial charge in [0.15, 0.2) is 0 Å². The Balaban J connectivity index is 2.20. The molecule has 0 aliphatic carbocycles. The highest BCUT2D eigenvalue weighted by Gasteiger charge is 2.20. The predicted molar refractivity (Wildman–Crippen MR) is 80.5 cm³/mol. The average Bonchev–Trinajstić information content (AvgIpc) is 2.94. The van der Waals surface area contributed by atoms with Gasteiger partial charge in [-0.05, 0) is 43.9 Å². The third-order valence-electron chi connectivity index (χ3n) is 4.02. The standard InChI is InChI=1S/C16H23FN2O/c1-3-12(4-2)16(20)18-14-11-13(17)7-8-15(14)19-9-5-6-10-19/h7-8,11-12H,3-6,9-10H2,1-2H3,(H,18,20). The summed E-state index contributed by atoms with van der Waals surface area (Å²) >= 11 is 0. The second-order valence-corrected chi connectivity index (χ2v) is 5.36. The van der Waals surface area contributed by atoms with Crippen LogP contribution in [-0.4, -0.2) is 19.0 Å². The number of carbonyl (C=O) groups excluding carboxylic acids is 1. The first-order valence-corrected chi connectivity index (χ1v) is 7.51. The van der Waals surface area contributed by atoms with E-state index in [2.05, 4.69) is 10.2 Å². The number of carbonyl (C=O) groups is 1. The van der Waals surface area contributed by atoms with Gasteiger partial charge in [-0.25, -0.2) is 4.39 Å². The minimum absolute atomic E-state index is 0.00954. The summed E-state index contributed by atoms with van der Waals surface area (Å²) in [7, 11) is 0. The Bertz CT molecular complexity index is 466. The zero-order valence-corrected chi connectivity index (χ0v) is 12.3. The zero-order valence-electron chi connectivity index (χ0n) is 12.3. The van der Waals surface area contributed by atoms with Crippen LogP contribution in [0, 0.1) is 11.7 Å². The minimum Gasteiger partial charge on any atom is -0.370 e. The zero-order chi connectivity index (χ0) is 14.5. The molecule has 1 aromatic carbocycles. The second-order valence-electron chi connectivity index (χ2n) is 5.36. The van der Waals surface area contributed by atoms with Crippen molar-refractivity contribution in [3.05, 3.63) is 24.0 Å². The van der Waals surface area contributed by atoms with Gasteiger partial charge in [-0.2, -0.15) is 0 Å². The molecule has 0 bridgehead atoms. The molecule has 1 N–H and O–H groups in total. The largest absolute Gasteiger partial charge is 0.370 e. The fraction of sp³-hybridized carbons (Fsp3) is 0.562. The quantitative estimate of drug-likeness (QED) is 0.888. The highest BCUT2D eigenvalue weighted by molar-refractivity contribution is 5.95. The van der Waals surface area contributed by atoms with Gasteiger partial charge < -0.3 is 10.2 Å². The van der Waals surface area contributed by atoms with E-state index in [1.54, 1.807) is 6.07 Å². The molecule has 0 radical (unpaired) electrons. The molecule has 0 spiro atoms. The summed E-state index contributed by atoms with van der Waals surface area (Å²) in [5.41, 5.74) is 1.53. The van der Waals surface area contributed by atoms with Crippen molar-refractivity contribution in [3.8, 4) is 0 Å². The van der Waals surface area contributed by atoms with E-state index in [0.29, 0.717) is 5.69 Å².